The van der Waals surface area contributed by atoms with E-state index < -0.39 is 5.97 Å². The summed E-state index contributed by atoms with van der Waals surface area (Å²) in [5.41, 5.74) is 1.41. The van der Waals surface area contributed by atoms with Crippen LogP contribution < -0.4 is 0 Å². The smallest absolute Gasteiger partial charge is 0.341 e. The molecule has 0 N–H and O–H groups in total. The van der Waals surface area contributed by atoms with Crippen LogP contribution in [0.3, 0.4) is 0 Å². The van der Waals surface area contributed by atoms with Crippen LogP contribution in [0.15, 0.2) is 35.0 Å². The molecule has 6 nitrogen and oxygen atoms in total. The molecule has 122 valence electrons. The fourth-order valence-electron chi connectivity index (χ4n) is 2.24. The van der Waals surface area contributed by atoms with Crippen LogP contribution in [0.1, 0.15) is 33.9 Å². The molecular formula is C17H20N2O4. The highest BCUT2D eigenvalue weighted by molar-refractivity contribution is 5.90. The summed E-state index contributed by atoms with van der Waals surface area (Å²) in [6.45, 7) is 2.00. The van der Waals surface area contributed by atoms with Gasteiger partial charge in [0, 0.05) is 25.9 Å². The van der Waals surface area contributed by atoms with Crippen LogP contribution in [0.25, 0.3) is 0 Å². The molecule has 0 aliphatic heterocycles. The monoisotopic (exact) mass is 316 g/mol. The third-order valence-corrected chi connectivity index (χ3v) is 3.54. The maximum Gasteiger partial charge on any atom is 0.341 e. The highest BCUT2D eigenvalue weighted by atomic mass is 16.5. The number of esters is 1. The van der Waals surface area contributed by atoms with Gasteiger partial charge in [-0.3, -0.25) is 9.78 Å². The number of nitrogens with zero attached hydrogens (tertiary/aromatic N) is 2. The SMILES string of the molecule is COC(=O)c1cc(CN(C)C(=O)CCc2cccnc2)oc1C. The summed E-state index contributed by atoms with van der Waals surface area (Å²) in [6.07, 6.45) is 4.49. The van der Waals surface area contributed by atoms with Crippen molar-refractivity contribution in [3.05, 3.63) is 53.2 Å². The number of amides is 1. The molecule has 0 radical (unpaired) electrons. The Morgan fingerprint density at radius 3 is 2.83 bits per heavy atom. The summed E-state index contributed by atoms with van der Waals surface area (Å²) in [5, 5.41) is 0. The van der Waals surface area contributed by atoms with E-state index in [1.165, 1.54) is 7.11 Å². The molecule has 2 rings (SSSR count). The van der Waals surface area contributed by atoms with Crippen molar-refractivity contribution in [1.82, 2.24) is 9.88 Å². The molecule has 0 aromatic carbocycles. The number of aryl methyl sites for hydroxylation is 2. The van der Waals surface area contributed by atoms with Crippen LogP contribution in [-0.2, 0) is 22.5 Å². The van der Waals surface area contributed by atoms with Crippen LogP contribution in [0.5, 0.6) is 0 Å². The van der Waals surface area contributed by atoms with Gasteiger partial charge in [-0.1, -0.05) is 6.07 Å². The molecule has 0 aliphatic carbocycles. The number of methoxy groups -OCH3 is 1. The molecule has 2 aromatic rings. The van der Waals surface area contributed by atoms with Gasteiger partial charge in [-0.25, -0.2) is 4.79 Å². The summed E-state index contributed by atoms with van der Waals surface area (Å²) in [4.78, 5) is 29.3. The Bertz CT molecular complexity index is 679. The minimum atomic E-state index is -0.442. The Morgan fingerprint density at radius 2 is 2.17 bits per heavy atom. The molecule has 0 bridgehead atoms. The molecular weight excluding hydrogens is 296 g/mol. The number of rotatable bonds is 6. The average Bonchev–Trinajstić information content (AvgIpc) is 2.93. The predicted octanol–water partition coefficient (Wildman–Crippen LogP) is 2.36. The van der Waals surface area contributed by atoms with Gasteiger partial charge in [-0.05, 0) is 31.0 Å². The van der Waals surface area contributed by atoms with E-state index in [0.29, 0.717) is 36.5 Å². The zero-order chi connectivity index (χ0) is 16.8. The summed E-state index contributed by atoms with van der Waals surface area (Å²) >= 11 is 0. The van der Waals surface area contributed by atoms with Gasteiger partial charge >= 0.3 is 5.97 Å². The maximum atomic E-state index is 12.2. The zero-order valence-corrected chi connectivity index (χ0v) is 13.5. The number of furan rings is 1. The third kappa shape index (κ3) is 4.42. The van der Waals surface area contributed by atoms with Gasteiger partial charge in [-0.15, -0.1) is 0 Å². The summed E-state index contributed by atoms with van der Waals surface area (Å²) in [7, 11) is 3.03. The predicted molar refractivity (Wildman–Crippen MR) is 83.8 cm³/mol. The third-order valence-electron chi connectivity index (χ3n) is 3.54. The fraction of sp³-hybridized carbons (Fsp3) is 0.353. The number of aromatic nitrogens is 1. The van der Waals surface area contributed by atoms with E-state index in [-0.39, 0.29) is 5.91 Å². The second-order valence-corrected chi connectivity index (χ2v) is 5.29. The van der Waals surface area contributed by atoms with Crippen molar-refractivity contribution in [2.45, 2.75) is 26.3 Å². The number of hydrogen-bond acceptors (Lipinski definition) is 5. The summed E-state index contributed by atoms with van der Waals surface area (Å²) < 4.78 is 10.2. The molecule has 6 heteroatoms. The molecule has 0 unspecified atom stereocenters. The van der Waals surface area contributed by atoms with E-state index >= 15 is 0 Å². The lowest BCUT2D eigenvalue weighted by molar-refractivity contribution is -0.130. The number of carbonyl (C=O) groups is 2. The lowest BCUT2D eigenvalue weighted by atomic mass is 10.1. The van der Waals surface area contributed by atoms with Gasteiger partial charge in [0.2, 0.25) is 5.91 Å². The molecule has 2 heterocycles. The summed E-state index contributed by atoms with van der Waals surface area (Å²) in [5.74, 6) is 0.605. The normalized spacial score (nSPS) is 10.4. The van der Waals surface area contributed by atoms with Crippen LogP contribution in [0, 0.1) is 6.92 Å². The first-order valence-corrected chi connectivity index (χ1v) is 7.31. The molecule has 0 saturated heterocycles. The number of hydrogen-bond donors (Lipinski definition) is 0. The molecule has 23 heavy (non-hydrogen) atoms. The average molecular weight is 316 g/mol. The van der Waals surface area contributed by atoms with E-state index in [2.05, 4.69) is 9.72 Å². The Labute approximate surface area is 135 Å². The Morgan fingerprint density at radius 1 is 1.39 bits per heavy atom. The molecule has 0 spiro atoms. The van der Waals surface area contributed by atoms with Crippen LogP contribution in [0.4, 0.5) is 0 Å². The second-order valence-electron chi connectivity index (χ2n) is 5.29. The van der Waals surface area contributed by atoms with Gasteiger partial charge in [0.15, 0.2) is 0 Å². The Kier molecular flexibility index (Phi) is 5.51. The molecule has 1 amide bonds. The standard InChI is InChI=1S/C17H20N2O4/c1-12-15(17(21)22-3)9-14(23-12)11-19(2)16(20)7-6-13-5-4-8-18-10-13/h4-5,8-10H,6-7,11H2,1-3H3. The quantitative estimate of drug-likeness (QED) is 0.765. The van der Waals surface area contributed by atoms with Gasteiger partial charge in [0.25, 0.3) is 0 Å². The van der Waals surface area contributed by atoms with Crippen molar-refractivity contribution in [1.29, 1.82) is 0 Å². The minimum Gasteiger partial charge on any atom is -0.465 e. The van der Waals surface area contributed by atoms with E-state index in [9.17, 15) is 9.59 Å². The Hall–Kier alpha value is -2.63. The topological polar surface area (TPSA) is 72.6 Å². The van der Waals surface area contributed by atoms with E-state index in [0.717, 1.165) is 5.56 Å². The van der Waals surface area contributed by atoms with E-state index in [1.807, 2.05) is 12.1 Å². The number of pyridine rings is 1. The van der Waals surface area contributed by atoms with Gasteiger partial charge in [0.05, 0.1) is 13.7 Å². The van der Waals surface area contributed by atoms with Gasteiger partial charge in [0.1, 0.15) is 17.1 Å². The maximum absolute atomic E-state index is 12.2. The van der Waals surface area contributed by atoms with E-state index in [1.54, 1.807) is 37.3 Å². The van der Waals surface area contributed by atoms with Crippen molar-refractivity contribution in [3.8, 4) is 0 Å². The fourth-order valence-corrected chi connectivity index (χ4v) is 2.24. The largest absolute Gasteiger partial charge is 0.465 e. The van der Waals surface area contributed by atoms with Gasteiger partial charge < -0.3 is 14.1 Å². The van der Waals surface area contributed by atoms with Crippen molar-refractivity contribution in [2.24, 2.45) is 0 Å². The molecule has 2 aromatic heterocycles. The summed E-state index contributed by atoms with van der Waals surface area (Å²) in [6, 6.07) is 5.41. The van der Waals surface area contributed by atoms with Crippen molar-refractivity contribution in [3.63, 3.8) is 0 Å². The van der Waals surface area contributed by atoms with Crippen LogP contribution in [-0.4, -0.2) is 35.9 Å². The number of carbonyl (C=O) groups excluding carboxylic acids is 2. The van der Waals surface area contributed by atoms with Crippen molar-refractivity contribution >= 4 is 11.9 Å². The lowest BCUT2D eigenvalue weighted by Gasteiger charge is -2.15. The Balaban J connectivity index is 1.92. The lowest BCUT2D eigenvalue weighted by Crippen LogP contribution is -2.26. The van der Waals surface area contributed by atoms with Crippen LogP contribution in [0.2, 0.25) is 0 Å². The second kappa shape index (κ2) is 7.58. The first-order valence-electron chi connectivity index (χ1n) is 7.31. The molecule has 0 saturated carbocycles. The minimum absolute atomic E-state index is 0.00234. The van der Waals surface area contributed by atoms with Crippen LogP contribution >= 0.6 is 0 Å². The van der Waals surface area contributed by atoms with Gasteiger partial charge in [-0.2, -0.15) is 0 Å². The molecule has 0 aliphatic rings. The van der Waals surface area contributed by atoms with Crippen molar-refractivity contribution < 1.29 is 18.7 Å². The highest BCUT2D eigenvalue weighted by Crippen LogP contribution is 2.17. The first-order chi connectivity index (χ1) is 11.0. The number of ether oxygens (including phenoxy) is 1. The zero-order valence-electron chi connectivity index (χ0n) is 13.5. The first kappa shape index (κ1) is 16.7. The molecule has 0 atom stereocenters. The molecule has 0 fully saturated rings. The van der Waals surface area contributed by atoms with Crippen molar-refractivity contribution in [2.75, 3.05) is 14.2 Å². The van der Waals surface area contributed by atoms with E-state index in [4.69, 9.17) is 4.42 Å². The highest BCUT2D eigenvalue weighted by Gasteiger charge is 2.17.